The van der Waals surface area contributed by atoms with E-state index in [4.69, 9.17) is 10.5 Å². The Morgan fingerprint density at radius 2 is 2.47 bits per heavy atom. The van der Waals surface area contributed by atoms with E-state index in [2.05, 4.69) is 23.7 Å². The Morgan fingerprint density at radius 3 is 3.13 bits per heavy atom. The average molecular weight is 227 g/mol. The van der Waals surface area contributed by atoms with Gasteiger partial charge in [-0.3, -0.25) is 4.90 Å². The van der Waals surface area contributed by atoms with E-state index < -0.39 is 0 Å². The number of morpholine rings is 1. The number of rotatable bonds is 2. The molecule has 0 saturated carbocycles. The predicted octanol–water partition coefficient (Wildman–Crippen LogP) is 1.33. The van der Waals surface area contributed by atoms with Gasteiger partial charge in [-0.1, -0.05) is 0 Å². The molecule has 0 amide bonds. The van der Waals surface area contributed by atoms with Gasteiger partial charge in [0, 0.05) is 24.5 Å². The molecule has 1 aliphatic heterocycles. The monoisotopic (exact) mass is 227 g/mol. The van der Waals surface area contributed by atoms with Gasteiger partial charge in [-0.15, -0.1) is 11.3 Å². The molecule has 1 fully saturated rings. The van der Waals surface area contributed by atoms with Crippen LogP contribution in [0.1, 0.15) is 19.5 Å². The molecule has 0 aliphatic carbocycles. The number of aromatic nitrogens is 1. The second-order valence-corrected chi connectivity index (χ2v) is 4.99. The maximum atomic E-state index is 5.61. The summed E-state index contributed by atoms with van der Waals surface area (Å²) < 4.78 is 5.58. The summed E-state index contributed by atoms with van der Waals surface area (Å²) >= 11 is 1.50. The Labute approximate surface area is 94.1 Å². The predicted molar refractivity (Wildman–Crippen MR) is 61.8 cm³/mol. The fourth-order valence-electron chi connectivity index (χ4n) is 1.80. The summed E-state index contributed by atoms with van der Waals surface area (Å²) in [4.78, 5) is 6.67. The zero-order valence-corrected chi connectivity index (χ0v) is 9.96. The highest BCUT2D eigenvalue weighted by Crippen LogP contribution is 2.17. The molecule has 2 rings (SSSR count). The Kier molecular flexibility index (Phi) is 3.23. The molecule has 0 bridgehead atoms. The molecule has 2 atom stereocenters. The van der Waals surface area contributed by atoms with Gasteiger partial charge in [-0.25, -0.2) is 4.98 Å². The zero-order valence-electron chi connectivity index (χ0n) is 9.14. The van der Waals surface area contributed by atoms with Gasteiger partial charge in [0.15, 0.2) is 5.13 Å². The standard InChI is InChI=1S/C10H17N3OS/c1-7-5-14-8(2)3-13(7)4-9-6-15-10(11)12-9/h6-8H,3-5H2,1-2H3,(H2,11,12). The van der Waals surface area contributed by atoms with Crippen LogP contribution < -0.4 is 5.73 Å². The van der Waals surface area contributed by atoms with Crippen LogP contribution in [0.15, 0.2) is 5.38 Å². The number of thiazole rings is 1. The number of nitrogens with two attached hydrogens (primary N) is 1. The van der Waals surface area contributed by atoms with Crippen molar-refractivity contribution < 1.29 is 4.74 Å². The Hall–Kier alpha value is -0.650. The van der Waals surface area contributed by atoms with E-state index >= 15 is 0 Å². The SMILES string of the molecule is CC1CN(Cc2csc(N)n2)C(C)CO1. The van der Waals surface area contributed by atoms with Gasteiger partial charge in [-0.2, -0.15) is 0 Å². The minimum Gasteiger partial charge on any atom is -0.376 e. The Bertz CT molecular complexity index is 328. The molecule has 84 valence electrons. The highest BCUT2D eigenvalue weighted by Gasteiger charge is 2.23. The third-order valence-corrected chi connectivity index (χ3v) is 3.39. The van der Waals surface area contributed by atoms with Crippen molar-refractivity contribution in [2.75, 3.05) is 18.9 Å². The van der Waals surface area contributed by atoms with Crippen molar-refractivity contribution in [2.24, 2.45) is 0 Å². The summed E-state index contributed by atoms with van der Waals surface area (Å²) in [6.07, 6.45) is 0.317. The van der Waals surface area contributed by atoms with Crippen molar-refractivity contribution >= 4 is 16.5 Å². The first-order chi connectivity index (χ1) is 7.15. The molecular formula is C10H17N3OS. The van der Waals surface area contributed by atoms with Crippen LogP contribution in [0, 0.1) is 0 Å². The van der Waals surface area contributed by atoms with Crippen LogP contribution in [0.3, 0.4) is 0 Å². The molecule has 2 heterocycles. The molecule has 4 nitrogen and oxygen atoms in total. The fraction of sp³-hybridized carbons (Fsp3) is 0.700. The van der Waals surface area contributed by atoms with Crippen molar-refractivity contribution in [2.45, 2.75) is 32.5 Å². The van der Waals surface area contributed by atoms with Crippen molar-refractivity contribution in [3.8, 4) is 0 Å². The second kappa shape index (κ2) is 4.47. The average Bonchev–Trinajstić information content (AvgIpc) is 2.58. The lowest BCUT2D eigenvalue weighted by atomic mass is 10.2. The van der Waals surface area contributed by atoms with Crippen LogP contribution in [0.25, 0.3) is 0 Å². The number of ether oxygens (including phenoxy) is 1. The molecule has 0 aromatic carbocycles. The van der Waals surface area contributed by atoms with E-state index in [1.807, 2.05) is 5.38 Å². The molecule has 5 heteroatoms. The third-order valence-electron chi connectivity index (χ3n) is 2.67. The first-order valence-corrected chi connectivity index (χ1v) is 6.08. The van der Waals surface area contributed by atoms with Gasteiger partial charge in [0.25, 0.3) is 0 Å². The van der Waals surface area contributed by atoms with Crippen LogP contribution in [0.5, 0.6) is 0 Å². The lowest BCUT2D eigenvalue weighted by molar-refractivity contribution is -0.0530. The normalized spacial score (nSPS) is 28.1. The van der Waals surface area contributed by atoms with E-state index in [0.29, 0.717) is 17.3 Å². The lowest BCUT2D eigenvalue weighted by Gasteiger charge is -2.36. The molecule has 1 aromatic rings. The fourth-order valence-corrected chi connectivity index (χ4v) is 2.35. The molecule has 0 spiro atoms. The van der Waals surface area contributed by atoms with Crippen LogP contribution in [0.2, 0.25) is 0 Å². The molecule has 15 heavy (non-hydrogen) atoms. The summed E-state index contributed by atoms with van der Waals surface area (Å²) in [6.45, 7) is 6.94. The minimum absolute atomic E-state index is 0.317. The zero-order chi connectivity index (χ0) is 10.8. The van der Waals surface area contributed by atoms with Crippen LogP contribution in [-0.2, 0) is 11.3 Å². The maximum Gasteiger partial charge on any atom is 0.180 e. The quantitative estimate of drug-likeness (QED) is 0.828. The highest BCUT2D eigenvalue weighted by atomic mass is 32.1. The first kappa shape index (κ1) is 10.9. The minimum atomic E-state index is 0.317. The molecule has 1 aliphatic rings. The van der Waals surface area contributed by atoms with Crippen LogP contribution in [0.4, 0.5) is 5.13 Å². The van der Waals surface area contributed by atoms with E-state index in [1.54, 1.807) is 0 Å². The van der Waals surface area contributed by atoms with Crippen molar-refractivity contribution in [3.05, 3.63) is 11.1 Å². The summed E-state index contributed by atoms with van der Waals surface area (Å²) in [5.74, 6) is 0. The largest absolute Gasteiger partial charge is 0.376 e. The first-order valence-electron chi connectivity index (χ1n) is 5.20. The number of hydrogen-bond acceptors (Lipinski definition) is 5. The summed E-state index contributed by atoms with van der Waals surface area (Å²) in [5, 5.41) is 2.68. The highest BCUT2D eigenvalue weighted by molar-refractivity contribution is 7.13. The molecule has 2 N–H and O–H groups in total. The number of anilines is 1. The summed E-state index contributed by atoms with van der Waals surface area (Å²) in [7, 11) is 0. The summed E-state index contributed by atoms with van der Waals surface area (Å²) in [5.41, 5.74) is 6.68. The second-order valence-electron chi connectivity index (χ2n) is 4.10. The van der Waals surface area contributed by atoms with E-state index in [9.17, 15) is 0 Å². The molecule has 1 saturated heterocycles. The lowest BCUT2D eigenvalue weighted by Crippen LogP contribution is -2.46. The van der Waals surface area contributed by atoms with E-state index in [0.717, 1.165) is 25.4 Å². The summed E-state index contributed by atoms with van der Waals surface area (Å²) in [6, 6.07) is 0.462. The van der Waals surface area contributed by atoms with Gasteiger partial charge in [0.05, 0.1) is 18.4 Å². The number of nitrogen functional groups attached to an aromatic ring is 1. The third kappa shape index (κ3) is 2.68. The van der Waals surface area contributed by atoms with Gasteiger partial charge in [0.2, 0.25) is 0 Å². The molecule has 1 aromatic heterocycles. The van der Waals surface area contributed by atoms with Crippen LogP contribution in [-0.4, -0.2) is 35.2 Å². The van der Waals surface area contributed by atoms with Crippen molar-refractivity contribution in [1.29, 1.82) is 0 Å². The molecule has 2 unspecified atom stereocenters. The van der Waals surface area contributed by atoms with Crippen molar-refractivity contribution in [1.82, 2.24) is 9.88 Å². The molecular weight excluding hydrogens is 210 g/mol. The Morgan fingerprint density at radius 1 is 1.67 bits per heavy atom. The van der Waals surface area contributed by atoms with Gasteiger partial charge in [0.1, 0.15) is 0 Å². The number of hydrogen-bond donors (Lipinski definition) is 1. The van der Waals surface area contributed by atoms with Crippen LogP contribution >= 0.6 is 11.3 Å². The topological polar surface area (TPSA) is 51.4 Å². The maximum absolute atomic E-state index is 5.61. The van der Waals surface area contributed by atoms with E-state index in [-0.39, 0.29) is 0 Å². The van der Waals surface area contributed by atoms with Gasteiger partial charge < -0.3 is 10.5 Å². The number of nitrogens with zero attached hydrogens (tertiary/aromatic N) is 2. The van der Waals surface area contributed by atoms with E-state index in [1.165, 1.54) is 11.3 Å². The smallest absolute Gasteiger partial charge is 0.180 e. The van der Waals surface area contributed by atoms with Gasteiger partial charge in [-0.05, 0) is 13.8 Å². The Balaban J connectivity index is 1.98. The molecule has 0 radical (unpaired) electrons. The van der Waals surface area contributed by atoms with Crippen molar-refractivity contribution in [3.63, 3.8) is 0 Å². The van der Waals surface area contributed by atoms with Gasteiger partial charge >= 0.3 is 0 Å².